The summed E-state index contributed by atoms with van der Waals surface area (Å²) in [4.78, 5) is 0. The Bertz CT molecular complexity index is 156. The molecule has 0 amide bonds. The first-order chi connectivity index (χ1) is 6.19. The summed E-state index contributed by atoms with van der Waals surface area (Å²) in [6, 6.07) is 2.84. The first-order valence-electron chi connectivity index (χ1n) is 5.35. The molecule has 0 aliphatic rings. The lowest BCUT2D eigenvalue weighted by atomic mass is 9.94. The van der Waals surface area contributed by atoms with Crippen LogP contribution in [0.15, 0.2) is 0 Å². The lowest BCUT2D eigenvalue weighted by Crippen LogP contribution is -2.40. The molecule has 13 heavy (non-hydrogen) atoms. The molecule has 0 aromatic carbocycles. The van der Waals surface area contributed by atoms with Crippen LogP contribution >= 0.6 is 0 Å². The predicted octanol–water partition coefficient (Wildman–Crippen LogP) is 2.70. The van der Waals surface area contributed by atoms with Crippen LogP contribution in [0.5, 0.6) is 0 Å². The zero-order valence-corrected chi connectivity index (χ0v) is 9.30. The van der Waals surface area contributed by atoms with Gasteiger partial charge in [-0.15, -0.1) is 0 Å². The Labute approximate surface area is 82.3 Å². The number of rotatable bonds is 6. The van der Waals surface area contributed by atoms with Crippen LogP contribution < -0.4 is 5.32 Å². The van der Waals surface area contributed by atoms with Crippen molar-refractivity contribution in [2.45, 2.75) is 59.0 Å². The number of hydrogen-bond donors (Lipinski definition) is 1. The van der Waals surface area contributed by atoms with Crippen LogP contribution in [0.3, 0.4) is 0 Å². The van der Waals surface area contributed by atoms with Gasteiger partial charge in [0, 0.05) is 6.04 Å². The fourth-order valence-electron chi connectivity index (χ4n) is 1.46. The maximum Gasteiger partial charge on any atom is 0.0983 e. The highest BCUT2D eigenvalue weighted by Gasteiger charge is 2.18. The summed E-state index contributed by atoms with van der Waals surface area (Å²) in [5, 5.41) is 12.3. The number of nitriles is 1. The maximum absolute atomic E-state index is 8.99. The predicted molar refractivity (Wildman–Crippen MR) is 56.4 cm³/mol. The number of nitrogens with zero attached hydrogens (tertiary/aromatic N) is 1. The van der Waals surface area contributed by atoms with Gasteiger partial charge in [0.2, 0.25) is 0 Å². The van der Waals surface area contributed by atoms with Crippen molar-refractivity contribution in [3.63, 3.8) is 0 Å². The molecular formula is C11H22N2. The molecule has 1 N–H and O–H groups in total. The number of hydrogen-bond acceptors (Lipinski definition) is 2. The van der Waals surface area contributed by atoms with Crippen molar-refractivity contribution in [2.75, 3.05) is 0 Å². The Morgan fingerprint density at radius 2 is 1.69 bits per heavy atom. The summed E-state index contributed by atoms with van der Waals surface area (Å²) < 4.78 is 0. The molecule has 0 rings (SSSR count). The summed E-state index contributed by atoms with van der Waals surface area (Å²) in [5.74, 6) is 0.499. The minimum absolute atomic E-state index is 0.0324. The smallest absolute Gasteiger partial charge is 0.0983 e. The van der Waals surface area contributed by atoms with Gasteiger partial charge < -0.3 is 0 Å². The second kappa shape index (κ2) is 6.91. The molecule has 0 saturated carbocycles. The highest BCUT2D eigenvalue weighted by molar-refractivity contribution is 4.95. The van der Waals surface area contributed by atoms with E-state index >= 15 is 0 Å². The molecule has 0 bridgehead atoms. The van der Waals surface area contributed by atoms with Crippen molar-refractivity contribution in [3.8, 4) is 6.07 Å². The normalized spacial score (nSPS) is 15.4. The Balaban J connectivity index is 4.09. The van der Waals surface area contributed by atoms with E-state index in [1.807, 2.05) is 0 Å². The maximum atomic E-state index is 8.99. The van der Waals surface area contributed by atoms with E-state index in [2.05, 4.69) is 39.1 Å². The average molecular weight is 182 g/mol. The highest BCUT2D eigenvalue weighted by atomic mass is 14.9. The molecule has 2 unspecified atom stereocenters. The van der Waals surface area contributed by atoms with Crippen molar-refractivity contribution < 1.29 is 0 Å². The fourth-order valence-corrected chi connectivity index (χ4v) is 1.46. The van der Waals surface area contributed by atoms with E-state index in [0.717, 1.165) is 19.3 Å². The van der Waals surface area contributed by atoms with Gasteiger partial charge in [-0.2, -0.15) is 5.26 Å². The van der Waals surface area contributed by atoms with Gasteiger partial charge in [0.05, 0.1) is 12.1 Å². The standard InChI is InChI=1S/C11H22N2/c1-5-9(4)13-11(8-12)10(6-2)7-3/h9-11,13H,5-7H2,1-4H3. The minimum Gasteiger partial charge on any atom is -0.299 e. The van der Waals surface area contributed by atoms with Crippen molar-refractivity contribution >= 4 is 0 Å². The minimum atomic E-state index is 0.0324. The summed E-state index contributed by atoms with van der Waals surface area (Å²) in [6.07, 6.45) is 3.24. The summed E-state index contributed by atoms with van der Waals surface area (Å²) in [6.45, 7) is 8.57. The molecule has 0 aromatic heterocycles. The highest BCUT2D eigenvalue weighted by Crippen LogP contribution is 2.13. The summed E-state index contributed by atoms with van der Waals surface area (Å²) in [7, 11) is 0. The van der Waals surface area contributed by atoms with E-state index in [1.165, 1.54) is 0 Å². The third-order valence-corrected chi connectivity index (χ3v) is 2.74. The lowest BCUT2D eigenvalue weighted by Gasteiger charge is -2.23. The van der Waals surface area contributed by atoms with Crippen molar-refractivity contribution in [1.82, 2.24) is 5.32 Å². The van der Waals surface area contributed by atoms with E-state index in [-0.39, 0.29) is 6.04 Å². The van der Waals surface area contributed by atoms with Gasteiger partial charge in [0.25, 0.3) is 0 Å². The third kappa shape index (κ3) is 4.28. The topological polar surface area (TPSA) is 35.8 Å². The van der Waals surface area contributed by atoms with Gasteiger partial charge >= 0.3 is 0 Å². The number of nitrogens with one attached hydrogen (secondary N) is 1. The molecule has 0 radical (unpaired) electrons. The molecule has 0 aliphatic heterocycles. The van der Waals surface area contributed by atoms with Crippen molar-refractivity contribution in [3.05, 3.63) is 0 Å². The van der Waals surface area contributed by atoms with Gasteiger partial charge in [-0.25, -0.2) is 0 Å². The van der Waals surface area contributed by atoms with Gasteiger partial charge in [-0.3, -0.25) is 5.32 Å². The lowest BCUT2D eigenvalue weighted by molar-refractivity contribution is 0.357. The Hall–Kier alpha value is -0.550. The van der Waals surface area contributed by atoms with Crippen LogP contribution in [-0.2, 0) is 0 Å². The zero-order valence-electron chi connectivity index (χ0n) is 9.30. The second-order valence-electron chi connectivity index (χ2n) is 3.66. The molecule has 2 atom stereocenters. The Morgan fingerprint density at radius 3 is 2.00 bits per heavy atom. The SMILES string of the molecule is CCC(C)NC(C#N)C(CC)CC. The van der Waals surface area contributed by atoms with Crippen LogP contribution in [0.1, 0.15) is 47.0 Å². The first kappa shape index (κ1) is 12.4. The van der Waals surface area contributed by atoms with E-state index < -0.39 is 0 Å². The zero-order chi connectivity index (χ0) is 10.3. The second-order valence-corrected chi connectivity index (χ2v) is 3.66. The van der Waals surface area contributed by atoms with Crippen LogP contribution in [0, 0.1) is 17.2 Å². The van der Waals surface area contributed by atoms with Crippen molar-refractivity contribution in [2.24, 2.45) is 5.92 Å². The molecule has 2 nitrogen and oxygen atoms in total. The molecule has 2 heteroatoms. The van der Waals surface area contributed by atoms with E-state index in [1.54, 1.807) is 0 Å². The quantitative estimate of drug-likeness (QED) is 0.685. The fraction of sp³-hybridized carbons (Fsp3) is 0.909. The first-order valence-corrected chi connectivity index (χ1v) is 5.35. The van der Waals surface area contributed by atoms with E-state index in [9.17, 15) is 0 Å². The molecule has 0 aliphatic carbocycles. The molecular weight excluding hydrogens is 160 g/mol. The van der Waals surface area contributed by atoms with Gasteiger partial charge in [-0.1, -0.05) is 33.6 Å². The van der Waals surface area contributed by atoms with E-state index in [0.29, 0.717) is 12.0 Å². The average Bonchev–Trinajstić information content (AvgIpc) is 2.17. The third-order valence-electron chi connectivity index (χ3n) is 2.74. The molecule has 76 valence electrons. The summed E-state index contributed by atoms with van der Waals surface area (Å²) >= 11 is 0. The Kier molecular flexibility index (Phi) is 6.62. The molecule has 0 heterocycles. The molecule has 0 saturated heterocycles. The van der Waals surface area contributed by atoms with Crippen LogP contribution in [-0.4, -0.2) is 12.1 Å². The molecule has 0 spiro atoms. The van der Waals surface area contributed by atoms with Crippen molar-refractivity contribution in [1.29, 1.82) is 5.26 Å². The molecule has 0 fully saturated rings. The van der Waals surface area contributed by atoms with E-state index in [4.69, 9.17) is 5.26 Å². The van der Waals surface area contributed by atoms with Gasteiger partial charge in [0.1, 0.15) is 0 Å². The van der Waals surface area contributed by atoms with Crippen LogP contribution in [0.25, 0.3) is 0 Å². The largest absolute Gasteiger partial charge is 0.299 e. The van der Waals surface area contributed by atoms with Gasteiger partial charge in [0.15, 0.2) is 0 Å². The Morgan fingerprint density at radius 1 is 1.15 bits per heavy atom. The van der Waals surface area contributed by atoms with Crippen LogP contribution in [0.2, 0.25) is 0 Å². The van der Waals surface area contributed by atoms with Gasteiger partial charge in [-0.05, 0) is 19.3 Å². The monoisotopic (exact) mass is 182 g/mol. The molecule has 0 aromatic rings. The van der Waals surface area contributed by atoms with Crippen LogP contribution in [0.4, 0.5) is 0 Å². The summed E-state index contributed by atoms with van der Waals surface area (Å²) in [5.41, 5.74) is 0.